The predicted molar refractivity (Wildman–Crippen MR) is 74.9 cm³/mol. The van der Waals surface area contributed by atoms with Crippen LogP contribution in [0.5, 0.6) is 0 Å². The molecular formula is C15H23NS. The van der Waals surface area contributed by atoms with Crippen molar-refractivity contribution >= 4 is 11.3 Å². The van der Waals surface area contributed by atoms with Crippen molar-refractivity contribution in [2.75, 3.05) is 19.6 Å². The average molecular weight is 249 g/mol. The molecule has 94 valence electrons. The third kappa shape index (κ3) is 2.74. The lowest BCUT2D eigenvalue weighted by Crippen LogP contribution is -2.33. The average Bonchev–Trinajstić information content (AvgIpc) is 2.75. The van der Waals surface area contributed by atoms with Gasteiger partial charge in [-0.15, -0.1) is 11.3 Å². The zero-order valence-electron chi connectivity index (χ0n) is 10.7. The van der Waals surface area contributed by atoms with Gasteiger partial charge in [0.1, 0.15) is 0 Å². The van der Waals surface area contributed by atoms with E-state index < -0.39 is 0 Å². The molecule has 0 spiro atoms. The first kappa shape index (κ1) is 11.7. The molecule has 1 fully saturated rings. The topological polar surface area (TPSA) is 3.24 Å². The van der Waals surface area contributed by atoms with Crippen LogP contribution in [-0.4, -0.2) is 24.5 Å². The Bertz CT molecular complexity index is 352. The molecule has 0 bridgehead atoms. The lowest BCUT2D eigenvalue weighted by atomic mass is 9.95. The molecule has 1 atom stereocenters. The minimum atomic E-state index is 0.830. The fraction of sp³-hybridized carbons (Fsp3) is 0.733. The van der Waals surface area contributed by atoms with Gasteiger partial charge in [0.05, 0.1) is 0 Å². The molecular weight excluding hydrogens is 226 g/mol. The van der Waals surface area contributed by atoms with Crippen LogP contribution >= 0.6 is 11.3 Å². The van der Waals surface area contributed by atoms with Crippen molar-refractivity contribution in [1.29, 1.82) is 0 Å². The Hall–Kier alpha value is -0.340. The number of nitrogens with zero attached hydrogens (tertiary/aromatic N) is 1. The molecule has 0 saturated carbocycles. The Morgan fingerprint density at radius 2 is 2.00 bits per heavy atom. The van der Waals surface area contributed by atoms with Gasteiger partial charge in [-0.2, -0.15) is 0 Å². The summed E-state index contributed by atoms with van der Waals surface area (Å²) in [4.78, 5) is 4.39. The summed E-state index contributed by atoms with van der Waals surface area (Å²) in [6.07, 6.45) is 9.88. The summed E-state index contributed by atoms with van der Waals surface area (Å²) in [5.41, 5.74) is 1.69. The van der Waals surface area contributed by atoms with Gasteiger partial charge in [-0.3, -0.25) is 0 Å². The minimum Gasteiger partial charge on any atom is -0.303 e. The Kier molecular flexibility index (Phi) is 3.82. The van der Waals surface area contributed by atoms with Crippen LogP contribution in [0.3, 0.4) is 0 Å². The Balaban J connectivity index is 1.70. The van der Waals surface area contributed by atoms with Crippen molar-refractivity contribution in [3.8, 4) is 0 Å². The van der Waals surface area contributed by atoms with Crippen molar-refractivity contribution < 1.29 is 0 Å². The number of hydrogen-bond donors (Lipinski definition) is 0. The fourth-order valence-corrected chi connectivity index (χ4v) is 4.40. The second-order valence-electron chi connectivity index (χ2n) is 5.60. The summed E-state index contributed by atoms with van der Waals surface area (Å²) < 4.78 is 0. The monoisotopic (exact) mass is 249 g/mol. The number of fused-ring (bicyclic) bond motifs is 1. The summed E-state index contributed by atoms with van der Waals surface area (Å²) in [5.74, 6) is 0.830. The van der Waals surface area contributed by atoms with Crippen molar-refractivity contribution in [1.82, 2.24) is 4.90 Å². The molecule has 1 nitrogen and oxygen atoms in total. The number of rotatable bonds is 2. The maximum absolute atomic E-state index is 2.71. The van der Waals surface area contributed by atoms with Crippen molar-refractivity contribution in [2.45, 2.75) is 50.9 Å². The summed E-state index contributed by atoms with van der Waals surface area (Å²) in [5, 5.41) is 2.30. The Morgan fingerprint density at radius 1 is 1.12 bits per heavy atom. The lowest BCUT2D eigenvalue weighted by molar-refractivity contribution is 0.212. The zero-order valence-corrected chi connectivity index (χ0v) is 11.5. The SMILES string of the molecule is c1cc2c(s1)CCCC[C@@H]2CN1CCCCC1. The molecule has 2 heteroatoms. The molecule has 1 aliphatic carbocycles. The quantitative estimate of drug-likeness (QED) is 0.715. The Morgan fingerprint density at radius 3 is 2.88 bits per heavy atom. The van der Waals surface area contributed by atoms with Gasteiger partial charge in [0, 0.05) is 11.4 Å². The highest BCUT2D eigenvalue weighted by molar-refractivity contribution is 7.10. The van der Waals surface area contributed by atoms with Gasteiger partial charge in [0.2, 0.25) is 0 Å². The first-order chi connectivity index (χ1) is 8.43. The first-order valence-electron chi connectivity index (χ1n) is 7.22. The molecule has 0 radical (unpaired) electrons. The van der Waals surface area contributed by atoms with Crippen LogP contribution in [0.4, 0.5) is 0 Å². The minimum absolute atomic E-state index is 0.830. The van der Waals surface area contributed by atoms with E-state index in [1.165, 1.54) is 64.6 Å². The second-order valence-corrected chi connectivity index (χ2v) is 6.60. The first-order valence-corrected chi connectivity index (χ1v) is 8.10. The van der Waals surface area contributed by atoms with Gasteiger partial charge in [-0.25, -0.2) is 0 Å². The summed E-state index contributed by atoms with van der Waals surface area (Å²) in [6, 6.07) is 2.40. The van der Waals surface area contributed by atoms with E-state index in [2.05, 4.69) is 16.3 Å². The number of piperidine rings is 1. The van der Waals surface area contributed by atoms with E-state index in [1.807, 2.05) is 11.3 Å². The van der Waals surface area contributed by atoms with Crippen LogP contribution in [-0.2, 0) is 6.42 Å². The normalized spacial score (nSPS) is 26.5. The van der Waals surface area contributed by atoms with Crippen LogP contribution < -0.4 is 0 Å². The van der Waals surface area contributed by atoms with Gasteiger partial charge in [-0.05, 0) is 68.1 Å². The second kappa shape index (κ2) is 5.53. The van der Waals surface area contributed by atoms with Gasteiger partial charge in [0.25, 0.3) is 0 Å². The molecule has 0 amide bonds. The third-order valence-corrected chi connectivity index (χ3v) is 5.35. The van der Waals surface area contributed by atoms with Gasteiger partial charge >= 0.3 is 0 Å². The summed E-state index contributed by atoms with van der Waals surface area (Å²) in [7, 11) is 0. The molecule has 17 heavy (non-hydrogen) atoms. The van der Waals surface area contributed by atoms with Crippen molar-refractivity contribution in [3.63, 3.8) is 0 Å². The molecule has 2 heterocycles. The van der Waals surface area contributed by atoms with E-state index in [0.29, 0.717) is 0 Å². The van der Waals surface area contributed by atoms with Gasteiger partial charge < -0.3 is 4.90 Å². The van der Waals surface area contributed by atoms with Crippen molar-refractivity contribution in [3.05, 3.63) is 21.9 Å². The largest absolute Gasteiger partial charge is 0.303 e. The Labute approximate surface area is 109 Å². The maximum atomic E-state index is 2.71. The smallest absolute Gasteiger partial charge is 0.00805 e. The van der Waals surface area contributed by atoms with Gasteiger partial charge in [0.15, 0.2) is 0 Å². The predicted octanol–water partition coefficient (Wildman–Crippen LogP) is 4.04. The molecule has 1 saturated heterocycles. The van der Waals surface area contributed by atoms with E-state index in [4.69, 9.17) is 0 Å². The number of hydrogen-bond acceptors (Lipinski definition) is 2. The highest BCUT2D eigenvalue weighted by Crippen LogP contribution is 2.34. The molecule has 3 rings (SSSR count). The van der Waals surface area contributed by atoms with E-state index in [9.17, 15) is 0 Å². The highest BCUT2D eigenvalue weighted by atomic mass is 32.1. The zero-order chi connectivity index (χ0) is 11.5. The van der Waals surface area contributed by atoms with E-state index in [1.54, 1.807) is 10.4 Å². The van der Waals surface area contributed by atoms with Crippen molar-refractivity contribution in [2.24, 2.45) is 0 Å². The molecule has 1 aliphatic heterocycles. The number of aryl methyl sites for hydroxylation is 1. The van der Waals surface area contributed by atoms with Crippen LogP contribution in [0.15, 0.2) is 11.4 Å². The molecule has 0 unspecified atom stereocenters. The number of likely N-dealkylation sites (tertiary alicyclic amines) is 1. The molecule has 0 N–H and O–H groups in total. The fourth-order valence-electron chi connectivity index (χ4n) is 3.39. The molecule has 0 aromatic carbocycles. The third-order valence-electron chi connectivity index (χ3n) is 4.35. The van der Waals surface area contributed by atoms with Crippen LogP contribution in [0.2, 0.25) is 0 Å². The number of thiophene rings is 1. The summed E-state index contributed by atoms with van der Waals surface area (Å²) >= 11 is 1.99. The highest BCUT2D eigenvalue weighted by Gasteiger charge is 2.22. The molecule has 2 aliphatic rings. The molecule has 1 aromatic rings. The van der Waals surface area contributed by atoms with Crippen LogP contribution in [0.1, 0.15) is 54.9 Å². The van der Waals surface area contributed by atoms with Crippen LogP contribution in [0, 0.1) is 0 Å². The van der Waals surface area contributed by atoms with Gasteiger partial charge in [-0.1, -0.05) is 12.8 Å². The maximum Gasteiger partial charge on any atom is 0.00805 e. The van der Waals surface area contributed by atoms with Crippen LogP contribution in [0.25, 0.3) is 0 Å². The van der Waals surface area contributed by atoms with E-state index >= 15 is 0 Å². The lowest BCUT2D eigenvalue weighted by Gasteiger charge is -2.30. The van der Waals surface area contributed by atoms with E-state index in [-0.39, 0.29) is 0 Å². The standard InChI is InChI=1S/C15H23NS/c1-4-9-16(10-5-1)12-13-6-2-3-7-15-14(13)8-11-17-15/h8,11,13H,1-7,9-10,12H2/t13-/m1/s1. The summed E-state index contributed by atoms with van der Waals surface area (Å²) in [6.45, 7) is 4.01. The van der Waals surface area contributed by atoms with E-state index in [0.717, 1.165) is 5.92 Å². The molecule has 1 aromatic heterocycles.